The molecule has 2 saturated carbocycles. The number of amides is 2. The van der Waals surface area contributed by atoms with Crippen LogP contribution in [0.1, 0.15) is 65.2 Å². The second-order valence-electron chi connectivity index (χ2n) is 11.2. The number of carbonyl (C=O) groups is 1. The van der Waals surface area contributed by atoms with Gasteiger partial charge in [0, 0.05) is 73.8 Å². The number of aromatic amines is 1. The van der Waals surface area contributed by atoms with Gasteiger partial charge < -0.3 is 9.80 Å². The lowest BCUT2D eigenvalue weighted by Crippen LogP contribution is -2.75. The minimum Gasteiger partial charge on any atom is -0.323 e. The zero-order chi connectivity index (χ0) is 22.4. The highest BCUT2D eigenvalue weighted by Gasteiger charge is 2.58. The molecular weight excluding hydrogens is 446 g/mol. The van der Waals surface area contributed by atoms with Crippen molar-refractivity contribution in [1.82, 2.24) is 29.9 Å². The van der Waals surface area contributed by atoms with E-state index in [9.17, 15) is 13.6 Å². The summed E-state index contributed by atoms with van der Waals surface area (Å²) in [5, 5.41) is 8.49. The maximum Gasteiger partial charge on any atom is 0.320 e. The second kappa shape index (κ2) is 6.97. The number of urea groups is 1. The molecular formula is C23H28F2N6OS. The Morgan fingerprint density at radius 3 is 2.42 bits per heavy atom. The highest BCUT2D eigenvalue weighted by molar-refractivity contribution is 7.11. The molecule has 5 heterocycles. The first kappa shape index (κ1) is 20.3. The van der Waals surface area contributed by atoms with Crippen molar-refractivity contribution in [1.29, 1.82) is 0 Å². The summed E-state index contributed by atoms with van der Waals surface area (Å²) < 4.78 is 25.5. The topological polar surface area (TPSA) is 68.4 Å². The second-order valence-corrected chi connectivity index (χ2v) is 12.4. The molecule has 2 spiro atoms. The molecule has 10 heteroatoms. The molecule has 0 radical (unpaired) electrons. The van der Waals surface area contributed by atoms with E-state index < -0.39 is 6.43 Å². The van der Waals surface area contributed by atoms with Gasteiger partial charge in [0.1, 0.15) is 5.01 Å². The van der Waals surface area contributed by atoms with Crippen molar-refractivity contribution in [2.75, 3.05) is 39.3 Å². The van der Waals surface area contributed by atoms with Gasteiger partial charge in [-0.2, -0.15) is 5.10 Å². The summed E-state index contributed by atoms with van der Waals surface area (Å²) in [5.74, 6) is 1.26. The van der Waals surface area contributed by atoms with E-state index in [1.807, 2.05) is 9.80 Å². The molecule has 0 unspecified atom stereocenters. The van der Waals surface area contributed by atoms with Crippen LogP contribution >= 0.6 is 11.3 Å². The lowest BCUT2D eigenvalue weighted by atomic mass is 9.57. The standard InChI is InChI=1S/C23H28F2N6OS/c24-20(25)18-6-26-19(33-18)7-29-8-23(9-29)12-31(13-23)21(32)30-10-22(11-30)4-15(5-22)17-3-16(27-28-17)14-1-2-14/h3,6,14-15,20H,1-2,4-5,7-13H2,(H,27,28). The lowest BCUT2D eigenvalue weighted by Gasteiger charge is -2.63. The van der Waals surface area contributed by atoms with E-state index in [1.54, 1.807) is 0 Å². The quantitative estimate of drug-likeness (QED) is 0.716. The van der Waals surface area contributed by atoms with E-state index in [1.165, 1.54) is 30.4 Å². The highest BCUT2D eigenvalue weighted by Crippen LogP contribution is 2.56. The van der Waals surface area contributed by atoms with E-state index in [4.69, 9.17) is 0 Å². The largest absolute Gasteiger partial charge is 0.323 e. The third-order valence-corrected chi connectivity index (χ3v) is 9.31. The predicted molar refractivity (Wildman–Crippen MR) is 118 cm³/mol. The van der Waals surface area contributed by atoms with Crippen LogP contribution in [0.15, 0.2) is 12.3 Å². The van der Waals surface area contributed by atoms with E-state index in [2.05, 4.69) is 26.1 Å². The van der Waals surface area contributed by atoms with Crippen LogP contribution in [0.3, 0.4) is 0 Å². The lowest BCUT2D eigenvalue weighted by molar-refractivity contribution is -0.116. The van der Waals surface area contributed by atoms with Gasteiger partial charge in [0.2, 0.25) is 0 Å². The van der Waals surface area contributed by atoms with Gasteiger partial charge in [0.05, 0.1) is 17.1 Å². The van der Waals surface area contributed by atoms with Crippen molar-refractivity contribution < 1.29 is 13.6 Å². The monoisotopic (exact) mass is 474 g/mol. The molecule has 2 amide bonds. The Hall–Kier alpha value is -2.07. The van der Waals surface area contributed by atoms with Crippen molar-refractivity contribution in [3.8, 4) is 0 Å². The molecule has 33 heavy (non-hydrogen) atoms. The summed E-state index contributed by atoms with van der Waals surface area (Å²) in [6.07, 6.45) is 3.72. The molecule has 0 aromatic carbocycles. The number of carbonyl (C=O) groups excluding carboxylic acids is 1. The van der Waals surface area contributed by atoms with E-state index in [0.717, 1.165) is 68.5 Å². The van der Waals surface area contributed by atoms with E-state index >= 15 is 0 Å². The minimum atomic E-state index is -2.44. The summed E-state index contributed by atoms with van der Waals surface area (Å²) in [7, 11) is 0. The normalized spacial score (nSPS) is 25.8. The van der Waals surface area contributed by atoms with E-state index in [-0.39, 0.29) is 16.3 Å². The van der Waals surface area contributed by atoms with Crippen LogP contribution in [-0.4, -0.2) is 75.2 Å². The van der Waals surface area contributed by atoms with Crippen LogP contribution in [0.2, 0.25) is 0 Å². The fourth-order valence-corrected chi connectivity index (χ4v) is 7.33. The smallest absolute Gasteiger partial charge is 0.320 e. The molecule has 5 aliphatic rings. The molecule has 7 rings (SSSR count). The summed E-state index contributed by atoms with van der Waals surface area (Å²) in [6, 6.07) is 2.46. The zero-order valence-corrected chi connectivity index (χ0v) is 19.3. The zero-order valence-electron chi connectivity index (χ0n) is 18.5. The van der Waals surface area contributed by atoms with Crippen LogP contribution in [-0.2, 0) is 6.54 Å². The number of nitrogens with one attached hydrogen (secondary N) is 1. The number of nitrogens with zero attached hydrogens (tertiary/aromatic N) is 5. The third kappa shape index (κ3) is 3.39. The number of hydrogen-bond donors (Lipinski definition) is 1. The van der Waals surface area contributed by atoms with Gasteiger partial charge in [-0.15, -0.1) is 11.3 Å². The molecule has 2 aromatic rings. The fourth-order valence-electron chi connectivity index (χ4n) is 6.52. The van der Waals surface area contributed by atoms with Gasteiger partial charge in [-0.25, -0.2) is 18.6 Å². The SMILES string of the molecule is O=C(N1CC2(CC(c3cc(C4CC4)n[nH]3)C2)C1)N1CC2(CN(Cc3ncc(C(F)F)s3)C2)C1. The number of hydrogen-bond acceptors (Lipinski definition) is 5. The van der Waals surface area contributed by atoms with Gasteiger partial charge in [-0.1, -0.05) is 0 Å². The molecule has 3 aliphatic heterocycles. The van der Waals surface area contributed by atoms with Crippen LogP contribution in [0, 0.1) is 10.8 Å². The first-order chi connectivity index (χ1) is 15.9. The molecule has 3 saturated heterocycles. The Labute approximate surface area is 195 Å². The number of halogens is 2. The molecule has 1 N–H and O–H groups in total. The summed E-state index contributed by atoms with van der Waals surface area (Å²) in [6.45, 7) is 5.86. The van der Waals surface area contributed by atoms with Crippen molar-refractivity contribution in [3.63, 3.8) is 0 Å². The number of likely N-dealkylation sites (tertiary alicyclic amines) is 3. The Bertz CT molecular complexity index is 1070. The van der Waals surface area contributed by atoms with Crippen LogP contribution in [0.25, 0.3) is 0 Å². The average Bonchev–Trinajstić information content (AvgIpc) is 3.20. The Kier molecular flexibility index (Phi) is 4.29. The molecule has 2 aromatic heterocycles. The number of aromatic nitrogens is 3. The third-order valence-electron chi connectivity index (χ3n) is 8.32. The van der Waals surface area contributed by atoms with Crippen LogP contribution in [0.4, 0.5) is 13.6 Å². The predicted octanol–water partition coefficient (Wildman–Crippen LogP) is 3.80. The molecule has 2 aliphatic carbocycles. The Balaban J connectivity index is 0.845. The fraction of sp³-hybridized carbons (Fsp3) is 0.696. The van der Waals surface area contributed by atoms with Gasteiger partial charge in [-0.3, -0.25) is 10.00 Å². The number of H-pyrrole nitrogens is 1. The Morgan fingerprint density at radius 2 is 1.79 bits per heavy atom. The molecule has 176 valence electrons. The summed E-state index contributed by atoms with van der Waals surface area (Å²) in [4.78, 5) is 23.3. The van der Waals surface area contributed by atoms with Crippen molar-refractivity contribution in [2.45, 2.75) is 50.5 Å². The summed E-state index contributed by atoms with van der Waals surface area (Å²) >= 11 is 1.10. The van der Waals surface area contributed by atoms with E-state index in [0.29, 0.717) is 23.8 Å². The molecule has 5 fully saturated rings. The Morgan fingerprint density at radius 1 is 1.09 bits per heavy atom. The van der Waals surface area contributed by atoms with Crippen molar-refractivity contribution in [3.05, 3.63) is 33.5 Å². The number of alkyl halides is 2. The van der Waals surface area contributed by atoms with Gasteiger partial charge in [-0.05, 0) is 31.7 Å². The van der Waals surface area contributed by atoms with Gasteiger partial charge in [0.15, 0.2) is 0 Å². The van der Waals surface area contributed by atoms with Crippen molar-refractivity contribution in [2.24, 2.45) is 10.8 Å². The average molecular weight is 475 g/mol. The minimum absolute atomic E-state index is 0.0401. The molecule has 0 atom stereocenters. The molecule has 7 nitrogen and oxygen atoms in total. The number of thiazole rings is 1. The summed E-state index contributed by atoms with van der Waals surface area (Å²) in [5.41, 5.74) is 3.05. The molecule has 0 bridgehead atoms. The number of rotatable bonds is 5. The van der Waals surface area contributed by atoms with Crippen molar-refractivity contribution >= 4 is 17.4 Å². The maximum atomic E-state index is 12.9. The van der Waals surface area contributed by atoms with Gasteiger partial charge in [0.25, 0.3) is 6.43 Å². The van der Waals surface area contributed by atoms with Crippen LogP contribution in [0.5, 0.6) is 0 Å². The van der Waals surface area contributed by atoms with Gasteiger partial charge >= 0.3 is 6.03 Å². The first-order valence-corrected chi connectivity index (χ1v) is 12.8. The van der Waals surface area contributed by atoms with Crippen LogP contribution < -0.4 is 0 Å². The first-order valence-electron chi connectivity index (χ1n) is 11.9. The highest BCUT2D eigenvalue weighted by atomic mass is 32.1. The maximum absolute atomic E-state index is 12.9.